The minimum Gasteiger partial charge on any atom is -0.333 e. The highest BCUT2D eigenvalue weighted by Crippen LogP contribution is 2.09. The van der Waals surface area contributed by atoms with E-state index in [1.807, 2.05) is 0 Å². The molecule has 1 N–H and O–H groups in total. The van der Waals surface area contributed by atoms with Gasteiger partial charge in [0.05, 0.1) is 0 Å². The van der Waals surface area contributed by atoms with Crippen molar-refractivity contribution in [3.63, 3.8) is 0 Å². The van der Waals surface area contributed by atoms with Crippen LogP contribution in [0.25, 0.3) is 0 Å². The van der Waals surface area contributed by atoms with E-state index >= 15 is 0 Å². The second-order valence-electron chi connectivity index (χ2n) is 4.32. The number of amides is 1. The predicted octanol–water partition coefficient (Wildman–Crippen LogP) is -0.244. The Hall–Kier alpha value is -1.50. The number of carbonyl (C=O) groups is 1. The van der Waals surface area contributed by atoms with Crippen molar-refractivity contribution >= 4 is 5.91 Å². The molecule has 1 unspecified atom stereocenters. The average molecular weight is 238 g/mol. The number of aromatic nitrogens is 4. The molecular weight excluding hydrogens is 220 g/mol. The number of carbonyl (C=O) groups excluding carboxylic acids is 1. The van der Waals surface area contributed by atoms with E-state index in [4.69, 9.17) is 0 Å². The van der Waals surface area contributed by atoms with Crippen LogP contribution in [0, 0.1) is 0 Å². The molecule has 0 aliphatic carbocycles. The zero-order chi connectivity index (χ0) is 12.3. The third-order valence-corrected chi connectivity index (χ3v) is 3.35. The van der Waals surface area contributed by atoms with E-state index in [9.17, 15) is 4.79 Å². The zero-order valence-electron chi connectivity index (χ0n) is 10.3. The van der Waals surface area contributed by atoms with Gasteiger partial charge in [0.15, 0.2) is 0 Å². The van der Waals surface area contributed by atoms with E-state index in [0.29, 0.717) is 6.04 Å². The first-order chi connectivity index (χ1) is 8.22. The van der Waals surface area contributed by atoms with Gasteiger partial charge in [-0.25, -0.2) is 0 Å². The van der Waals surface area contributed by atoms with Crippen LogP contribution in [0.4, 0.5) is 0 Å². The summed E-state index contributed by atoms with van der Waals surface area (Å²) in [7, 11) is 0. The van der Waals surface area contributed by atoms with Crippen molar-refractivity contribution in [2.75, 3.05) is 26.2 Å². The lowest BCUT2D eigenvalue weighted by molar-refractivity contribution is 0.0568. The molecule has 0 aromatic carbocycles. The maximum absolute atomic E-state index is 11.9. The second-order valence-corrected chi connectivity index (χ2v) is 4.32. The molecule has 0 spiro atoms. The van der Waals surface area contributed by atoms with Crippen LogP contribution in [-0.2, 0) is 0 Å². The van der Waals surface area contributed by atoms with E-state index in [1.165, 1.54) is 0 Å². The molecule has 94 valence electrons. The van der Waals surface area contributed by atoms with E-state index in [0.717, 1.165) is 32.6 Å². The van der Waals surface area contributed by atoms with Gasteiger partial charge >= 0.3 is 0 Å². The van der Waals surface area contributed by atoms with Gasteiger partial charge in [-0.05, 0) is 18.6 Å². The highest BCUT2D eigenvalue weighted by atomic mass is 16.2. The highest BCUT2D eigenvalue weighted by molar-refractivity contribution is 5.90. The van der Waals surface area contributed by atoms with Gasteiger partial charge in [-0.1, -0.05) is 6.92 Å². The van der Waals surface area contributed by atoms with Crippen LogP contribution >= 0.6 is 0 Å². The van der Waals surface area contributed by atoms with Crippen molar-refractivity contribution < 1.29 is 4.79 Å². The quantitative estimate of drug-likeness (QED) is 0.786. The lowest BCUT2D eigenvalue weighted by atomic mass is 10.2. The van der Waals surface area contributed by atoms with Crippen LogP contribution in [0.5, 0.6) is 0 Å². The summed E-state index contributed by atoms with van der Waals surface area (Å²) in [6, 6.07) is 0.581. The Morgan fingerprint density at radius 2 is 2.12 bits per heavy atom. The topological polar surface area (TPSA) is 78.0 Å². The molecule has 7 heteroatoms. The minimum absolute atomic E-state index is 0.137. The molecule has 1 aromatic heterocycles. The van der Waals surface area contributed by atoms with Crippen molar-refractivity contribution in [1.29, 1.82) is 0 Å². The number of aromatic amines is 1. The summed E-state index contributed by atoms with van der Waals surface area (Å²) in [5, 5.41) is 13.1. The molecule has 2 heterocycles. The van der Waals surface area contributed by atoms with Gasteiger partial charge in [0.2, 0.25) is 0 Å². The van der Waals surface area contributed by atoms with Crippen molar-refractivity contribution in [1.82, 2.24) is 30.4 Å². The third-order valence-electron chi connectivity index (χ3n) is 3.35. The maximum Gasteiger partial charge on any atom is 0.295 e. The van der Waals surface area contributed by atoms with E-state index in [-0.39, 0.29) is 11.7 Å². The summed E-state index contributed by atoms with van der Waals surface area (Å²) in [4.78, 5) is 16.1. The number of hydrogen-bond acceptors (Lipinski definition) is 5. The van der Waals surface area contributed by atoms with Gasteiger partial charge in [0.25, 0.3) is 11.7 Å². The third kappa shape index (κ3) is 2.60. The monoisotopic (exact) mass is 238 g/mol. The molecule has 17 heavy (non-hydrogen) atoms. The van der Waals surface area contributed by atoms with Gasteiger partial charge in [0, 0.05) is 32.2 Å². The molecular formula is C10H18N6O. The highest BCUT2D eigenvalue weighted by Gasteiger charge is 2.25. The van der Waals surface area contributed by atoms with E-state index < -0.39 is 0 Å². The summed E-state index contributed by atoms with van der Waals surface area (Å²) in [5.74, 6) is 0.0181. The Bertz CT molecular complexity index is 357. The second kappa shape index (κ2) is 5.22. The molecule has 2 rings (SSSR count). The Morgan fingerprint density at radius 3 is 2.65 bits per heavy atom. The predicted molar refractivity (Wildman–Crippen MR) is 61.4 cm³/mol. The molecule has 7 nitrogen and oxygen atoms in total. The van der Waals surface area contributed by atoms with E-state index in [2.05, 4.69) is 39.4 Å². The first-order valence-electron chi connectivity index (χ1n) is 5.99. The van der Waals surface area contributed by atoms with Gasteiger partial charge in [0.1, 0.15) is 0 Å². The number of rotatable bonds is 3. The Kier molecular flexibility index (Phi) is 3.68. The molecule has 0 saturated carbocycles. The van der Waals surface area contributed by atoms with Gasteiger partial charge in [-0.15, -0.1) is 10.2 Å². The molecule has 1 atom stereocenters. The van der Waals surface area contributed by atoms with Gasteiger partial charge in [-0.2, -0.15) is 5.21 Å². The zero-order valence-corrected chi connectivity index (χ0v) is 10.3. The molecule has 1 fully saturated rings. The van der Waals surface area contributed by atoms with Crippen LogP contribution in [0.3, 0.4) is 0 Å². The smallest absolute Gasteiger partial charge is 0.295 e. The fourth-order valence-electron chi connectivity index (χ4n) is 2.02. The summed E-state index contributed by atoms with van der Waals surface area (Å²) >= 11 is 0. The lowest BCUT2D eigenvalue weighted by Gasteiger charge is -2.37. The van der Waals surface area contributed by atoms with Gasteiger partial charge in [-0.3, -0.25) is 9.69 Å². The molecule has 1 aromatic rings. The Balaban J connectivity index is 1.89. The first-order valence-corrected chi connectivity index (χ1v) is 5.99. The van der Waals surface area contributed by atoms with Crippen LogP contribution in [0.2, 0.25) is 0 Å². The standard InChI is InChI=1S/C10H18N6O/c1-3-8(2)15-4-6-16(7-5-15)10(17)9-11-13-14-12-9/h8H,3-7H2,1-2H3,(H,11,12,13,14). The molecule has 1 amide bonds. The summed E-state index contributed by atoms with van der Waals surface area (Å²) in [5.41, 5.74) is 0. The fraction of sp³-hybridized carbons (Fsp3) is 0.800. The number of hydrogen-bond donors (Lipinski definition) is 1. The molecule has 0 radical (unpaired) electrons. The van der Waals surface area contributed by atoms with Crippen molar-refractivity contribution in [3.05, 3.63) is 5.82 Å². The SMILES string of the molecule is CCC(C)N1CCN(C(=O)c2nn[nH]n2)CC1. The summed E-state index contributed by atoms with van der Waals surface area (Å²) in [6.07, 6.45) is 1.14. The van der Waals surface area contributed by atoms with Crippen molar-refractivity contribution in [2.45, 2.75) is 26.3 Å². The van der Waals surface area contributed by atoms with E-state index in [1.54, 1.807) is 4.90 Å². The number of nitrogens with zero attached hydrogens (tertiary/aromatic N) is 5. The normalized spacial score (nSPS) is 19.3. The number of tetrazole rings is 1. The first kappa shape index (κ1) is 12.0. The molecule has 0 bridgehead atoms. The average Bonchev–Trinajstić information content (AvgIpc) is 2.91. The number of nitrogens with one attached hydrogen (secondary N) is 1. The van der Waals surface area contributed by atoms with Crippen LogP contribution < -0.4 is 0 Å². The maximum atomic E-state index is 11.9. The molecule has 1 aliphatic rings. The summed E-state index contributed by atoms with van der Waals surface area (Å²) in [6.45, 7) is 7.70. The lowest BCUT2D eigenvalue weighted by Crippen LogP contribution is -2.51. The van der Waals surface area contributed by atoms with Crippen LogP contribution in [-0.4, -0.2) is 68.6 Å². The Morgan fingerprint density at radius 1 is 1.41 bits per heavy atom. The number of piperazine rings is 1. The van der Waals surface area contributed by atoms with Crippen LogP contribution in [0.15, 0.2) is 0 Å². The largest absolute Gasteiger partial charge is 0.333 e. The van der Waals surface area contributed by atoms with Crippen molar-refractivity contribution in [2.24, 2.45) is 0 Å². The number of H-pyrrole nitrogens is 1. The molecule has 1 aliphatic heterocycles. The Labute approximate surface area is 100 Å². The fourth-order valence-corrected chi connectivity index (χ4v) is 2.02. The summed E-state index contributed by atoms with van der Waals surface area (Å²) < 4.78 is 0. The van der Waals surface area contributed by atoms with Crippen LogP contribution in [0.1, 0.15) is 30.9 Å². The van der Waals surface area contributed by atoms with Gasteiger partial charge < -0.3 is 4.90 Å². The molecule has 1 saturated heterocycles. The van der Waals surface area contributed by atoms with Crippen molar-refractivity contribution in [3.8, 4) is 0 Å². The minimum atomic E-state index is -0.137.